The molecule has 0 saturated heterocycles. The van der Waals surface area contributed by atoms with E-state index in [1.165, 1.54) is 4.88 Å². The quantitative estimate of drug-likeness (QED) is 0.594. The summed E-state index contributed by atoms with van der Waals surface area (Å²) in [5, 5.41) is 17.9. The number of aryl methyl sites for hydroxylation is 2. The highest BCUT2D eigenvalue weighted by Crippen LogP contribution is 2.49. The van der Waals surface area contributed by atoms with Crippen molar-refractivity contribution in [2.24, 2.45) is 5.73 Å². The van der Waals surface area contributed by atoms with Gasteiger partial charge in [-0.3, -0.25) is 5.10 Å². The van der Waals surface area contributed by atoms with Gasteiger partial charge in [0.05, 0.1) is 27.2 Å². The fraction of sp³-hybridized carbons (Fsp3) is 0.158. The summed E-state index contributed by atoms with van der Waals surface area (Å²) in [7, 11) is 0. The average molecular weight is 417 g/mol. The maximum atomic E-state index is 9.76. The maximum absolute atomic E-state index is 9.76. The lowest BCUT2D eigenvalue weighted by Gasteiger charge is -2.25. The van der Waals surface area contributed by atoms with E-state index in [0.29, 0.717) is 21.5 Å². The number of hydrogen-bond donors (Lipinski definition) is 2. The molecule has 4 rings (SSSR count). The van der Waals surface area contributed by atoms with Crippen molar-refractivity contribution >= 4 is 34.5 Å². The molecular formula is C19H14Cl2N4OS. The van der Waals surface area contributed by atoms with Crippen LogP contribution in [0.25, 0.3) is 11.3 Å². The Labute approximate surface area is 170 Å². The molecule has 3 N–H and O–H groups in total. The predicted molar refractivity (Wildman–Crippen MR) is 107 cm³/mol. The van der Waals surface area contributed by atoms with Crippen molar-refractivity contribution in [3.63, 3.8) is 0 Å². The fourth-order valence-corrected chi connectivity index (χ4v) is 4.73. The van der Waals surface area contributed by atoms with Crippen LogP contribution in [0.4, 0.5) is 0 Å². The Balaban J connectivity index is 2.02. The summed E-state index contributed by atoms with van der Waals surface area (Å²) in [4.78, 5) is 2.31. The number of ether oxygens (including phenoxy) is 1. The van der Waals surface area contributed by atoms with Crippen molar-refractivity contribution in [2.75, 3.05) is 0 Å². The van der Waals surface area contributed by atoms with Crippen LogP contribution < -0.4 is 10.5 Å². The molecule has 1 atom stereocenters. The van der Waals surface area contributed by atoms with Crippen molar-refractivity contribution in [1.82, 2.24) is 10.2 Å². The van der Waals surface area contributed by atoms with Crippen LogP contribution >= 0.6 is 34.5 Å². The van der Waals surface area contributed by atoms with Crippen LogP contribution in [0.5, 0.6) is 5.88 Å². The minimum Gasteiger partial charge on any atom is -0.420 e. The van der Waals surface area contributed by atoms with Crippen molar-refractivity contribution in [2.45, 2.75) is 19.8 Å². The maximum Gasteiger partial charge on any atom is 0.244 e. The molecule has 27 heavy (non-hydrogen) atoms. The lowest BCUT2D eigenvalue weighted by atomic mass is 9.83. The van der Waals surface area contributed by atoms with Crippen molar-refractivity contribution in [1.29, 1.82) is 5.26 Å². The van der Waals surface area contributed by atoms with Crippen LogP contribution in [0.3, 0.4) is 0 Å². The Morgan fingerprint density at radius 3 is 2.78 bits per heavy atom. The molecule has 0 bridgehead atoms. The molecule has 1 unspecified atom stereocenters. The zero-order chi connectivity index (χ0) is 19.3. The molecule has 5 nitrogen and oxygen atoms in total. The number of nitriles is 1. The third kappa shape index (κ3) is 2.79. The van der Waals surface area contributed by atoms with Gasteiger partial charge in [-0.05, 0) is 31.5 Å². The second kappa shape index (κ2) is 6.61. The molecule has 0 saturated carbocycles. The highest BCUT2D eigenvalue weighted by atomic mass is 35.5. The van der Waals surface area contributed by atoms with E-state index in [2.05, 4.69) is 22.3 Å². The number of H-pyrrole nitrogens is 1. The number of halogens is 2. The lowest BCUT2D eigenvalue weighted by Crippen LogP contribution is -2.21. The Bertz CT molecular complexity index is 1140. The average Bonchev–Trinajstić information content (AvgIpc) is 3.18. The van der Waals surface area contributed by atoms with Crippen LogP contribution in [0.1, 0.15) is 26.8 Å². The molecule has 0 aliphatic carbocycles. The van der Waals surface area contributed by atoms with E-state index in [9.17, 15) is 5.26 Å². The van der Waals surface area contributed by atoms with Crippen LogP contribution in [0.2, 0.25) is 10.0 Å². The normalized spacial score (nSPS) is 16.0. The first-order chi connectivity index (χ1) is 12.9. The number of nitrogens with one attached hydrogen (secondary N) is 1. The van der Waals surface area contributed by atoms with Gasteiger partial charge in [-0.25, -0.2) is 0 Å². The number of fused-ring (bicyclic) bond motifs is 1. The number of nitrogens with two attached hydrogens (primary N) is 1. The second-order valence-electron chi connectivity index (χ2n) is 6.21. The molecule has 0 amide bonds. The standard InChI is InChI=1S/C19H14Cl2N4OS/c1-8-6-11(9(2)27-8)17-15-14(10-4-3-5-13(20)16(10)21)12(7-22)18(23)26-19(15)25-24-17/h3-6,14H,23H2,1-2H3,(H,24,25). The van der Waals surface area contributed by atoms with Gasteiger partial charge in [-0.1, -0.05) is 35.3 Å². The Morgan fingerprint density at radius 1 is 1.33 bits per heavy atom. The highest BCUT2D eigenvalue weighted by Gasteiger charge is 2.37. The number of aromatic amines is 1. The van der Waals surface area contributed by atoms with Crippen LogP contribution in [0.15, 0.2) is 35.7 Å². The summed E-state index contributed by atoms with van der Waals surface area (Å²) in [5.74, 6) is -0.175. The third-order valence-corrected chi connectivity index (χ3v) is 6.34. The molecule has 8 heteroatoms. The number of allylic oxidation sites excluding steroid dienone is 1. The summed E-state index contributed by atoms with van der Waals surface area (Å²) in [6.07, 6.45) is 0. The van der Waals surface area contributed by atoms with Gasteiger partial charge in [-0.2, -0.15) is 5.26 Å². The molecule has 3 aromatic rings. The fourth-order valence-electron chi connectivity index (χ4n) is 3.38. The number of nitrogens with zero attached hydrogens (tertiary/aromatic N) is 2. The minimum atomic E-state index is -0.529. The number of aromatic nitrogens is 2. The largest absolute Gasteiger partial charge is 0.420 e. The van der Waals surface area contributed by atoms with Crippen molar-refractivity contribution < 1.29 is 4.74 Å². The van der Waals surface area contributed by atoms with E-state index in [1.54, 1.807) is 23.5 Å². The molecular weight excluding hydrogens is 403 g/mol. The molecule has 3 heterocycles. The van der Waals surface area contributed by atoms with E-state index in [4.69, 9.17) is 33.7 Å². The van der Waals surface area contributed by atoms with Gasteiger partial charge < -0.3 is 10.5 Å². The third-order valence-electron chi connectivity index (χ3n) is 4.54. The first-order valence-electron chi connectivity index (χ1n) is 8.09. The minimum absolute atomic E-state index is 0.0160. The molecule has 1 aliphatic rings. The summed E-state index contributed by atoms with van der Waals surface area (Å²) in [6, 6.07) is 9.58. The molecule has 1 aliphatic heterocycles. The molecule has 2 aromatic heterocycles. The Morgan fingerprint density at radius 2 is 2.11 bits per heavy atom. The number of benzene rings is 1. The van der Waals surface area contributed by atoms with E-state index in [0.717, 1.165) is 21.7 Å². The van der Waals surface area contributed by atoms with Gasteiger partial charge >= 0.3 is 0 Å². The molecule has 1 aromatic carbocycles. The summed E-state index contributed by atoms with van der Waals surface area (Å²) < 4.78 is 5.63. The topological polar surface area (TPSA) is 87.7 Å². The number of hydrogen-bond acceptors (Lipinski definition) is 5. The van der Waals surface area contributed by atoms with Gasteiger partial charge in [0, 0.05) is 15.3 Å². The zero-order valence-electron chi connectivity index (χ0n) is 14.4. The SMILES string of the molecule is Cc1cc(-c2[nH]nc3c2C(c2cccc(Cl)c2Cl)C(C#N)=C(N)O3)c(C)s1. The molecule has 0 radical (unpaired) electrons. The van der Waals surface area contributed by atoms with E-state index in [-0.39, 0.29) is 11.5 Å². The first kappa shape index (κ1) is 17.9. The van der Waals surface area contributed by atoms with Gasteiger partial charge in [0.1, 0.15) is 11.6 Å². The zero-order valence-corrected chi connectivity index (χ0v) is 16.8. The predicted octanol–water partition coefficient (Wildman–Crippen LogP) is 5.28. The van der Waals surface area contributed by atoms with E-state index >= 15 is 0 Å². The van der Waals surface area contributed by atoms with Crippen LogP contribution in [0, 0.1) is 25.2 Å². The van der Waals surface area contributed by atoms with Gasteiger partial charge in [0.25, 0.3) is 0 Å². The van der Waals surface area contributed by atoms with Gasteiger partial charge in [0.15, 0.2) is 0 Å². The summed E-state index contributed by atoms with van der Waals surface area (Å²) in [5.41, 5.74) is 9.49. The van der Waals surface area contributed by atoms with Gasteiger partial charge in [-0.15, -0.1) is 16.4 Å². The lowest BCUT2D eigenvalue weighted by molar-refractivity contribution is 0.379. The van der Waals surface area contributed by atoms with Crippen LogP contribution in [-0.4, -0.2) is 10.2 Å². The van der Waals surface area contributed by atoms with Crippen LogP contribution in [-0.2, 0) is 0 Å². The number of thiophene rings is 1. The Hall–Kier alpha value is -2.46. The Kier molecular flexibility index (Phi) is 4.39. The molecule has 0 spiro atoms. The highest BCUT2D eigenvalue weighted by molar-refractivity contribution is 7.12. The monoisotopic (exact) mass is 416 g/mol. The first-order valence-corrected chi connectivity index (χ1v) is 9.66. The van der Waals surface area contributed by atoms with Gasteiger partial charge in [0.2, 0.25) is 11.8 Å². The van der Waals surface area contributed by atoms with E-state index in [1.807, 2.05) is 19.9 Å². The number of rotatable bonds is 2. The summed E-state index contributed by atoms with van der Waals surface area (Å²) >= 11 is 14.4. The second-order valence-corrected chi connectivity index (χ2v) is 8.46. The van der Waals surface area contributed by atoms with Crippen molar-refractivity contribution in [3.05, 3.63) is 66.6 Å². The smallest absolute Gasteiger partial charge is 0.244 e. The summed E-state index contributed by atoms with van der Waals surface area (Å²) in [6.45, 7) is 4.09. The molecule has 136 valence electrons. The van der Waals surface area contributed by atoms with Crippen molar-refractivity contribution in [3.8, 4) is 23.2 Å². The van der Waals surface area contributed by atoms with E-state index < -0.39 is 5.92 Å². The molecule has 0 fully saturated rings.